The van der Waals surface area contributed by atoms with E-state index in [1.165, 1.54) is 33.4 Å². The topological polar surface area (TPSA) is 44.0 Å². The van der Waals surface area contributed by atoms with E-state index in [2.05, 4.69) is 248 Å². The average Bonchev–Trinajstić information content (AvgIpc) is 3.17. The maximum absolute atomic E-state index is 15.8. The molecular formula is C64H84N2O2. The second kappa shape index (κ2) is 15.8. The van der Waals surface area contributed by atoms with Crippen molar-refractivity contribution >= 4 is 43.6 Å². The number of hydrogen-bond acceptors (Lipinski definition) is 2. The fourth-order valence-corrected chi connectivity index (χ4v) is 10.0. The van der Waals surface area contributed by atoms with Gasteiger partial charge in [0.25, 0.3) is 0 Å². The number of pyridine rings is 2. The highest BCUT2D eigenvalue weighted by molar-refractivity contribution is 6.06. The Hall–Kier alpha value is -4.96. The molecule has 0 saturated heterocycles. The molecule has 362 valence electrons. The van der Waals surface area contributed by atoms with Crippen molar-refractivity contribution in [3.05, 3.63) is 138 Å². The first-order valence-corrected chi connectivity index (χ1v) is 25.2. The molecule has 0 radical (unpaired) electrons. The Bertz CT molecular complexity index is 3240. The first kappa shape index (κ1) is 50.9. The van der Waals surface area contributed by atoms with Crippen LogP contribution in [-0.4, -0.2) is 9.13 Å². The van der Waals surface area contributed by atoms with E-state index in [0.717, 1.165) is 44.6 Å². The summed E-state index contributed by atoms with van der Waals surface area (Å²) in [6.07, 6.45) is 0. The van der Waals surface area contributed by atoms with Gasteiger partial charge in [-0.1, -0.05) is 203 Å². The maximum atomic E-state index is 15.8. The highest BCUT2D eigenvalue weighted by Gasteiger charge is 2.35. The third-order valence-electron chi connectivity index (χ3n) is 14.4. The van der Waals surface area contributed by atoms with Crippen LogP contribution in [0.15, 0.2) is 82.4 Å². The van der Waals surface area contributed by atoms with Gasteiger partial charge < -0.3 is 9.13 Å². The van der Waals surface area contributed by atoms with Gasteiger partial charge in [-0.2, -0.15) is 0 Å². The summed E-state index contributed by atoms with van der Waals surface area (Å²) in [6, 6.07) is 26.7. The molecule has 0 fully saturated rings. The lowest BCUT2D eigenvalue weighted by Gasteiger charge is -2.36. The maximum Gasteiger partial charge on any atom is 0.197 e. The Kier molecular flexibility index (Phi) is 11.8. The predicted octanol–water partition coefficient (Wildman–Crippen LogP) is 17.0. The Morgan fingerprint density at radius 1 is 0.265 bits per heavy atom. The van der Waals surface area contributed by atoms with Gasteiger partial charge in [0, 0.05) is 21.5 Å². The van der Waals surface area contributed by atoms with Gasteiger partial charge in [0.05, 0.1) is 33.4 Å². The van der Waals surface area contributed by atoms with Gasteiger partial charge in [-0.05, 0) is 124 Å². The van der Waals surface area contributed by atoms with E-state index in [1.54, 1.807) is 0 Å². The minimum atomic E-state index is -0.283. The summed E-state index contributed by atoms with van der Waals surface area (Å²) in [5.74, 6) is 0. The van der Waals surface area contributed by atoms with E-state index in [9.17, 15) is 0 Å². The summed E-state index contributed by atoms with van der Waals surface area (Å²) in [5.41, 5.74) is 13.2. The lowest BCUT2D eigenvalue weighted by Crippen LogP contribution is -2.27. The largest absolute Gasteiger partial charge is 0.308 e. The second-order valence-electron chi connectivity index (χ2n) is 28.5. The van der Waals surface area contributed by atoms with Crippen LogP contribution in [0.4, 0.5) is 0 Å². The van der Waals surface area contributed by atoms with E-state index in [-0.39, 0.29) is 54.2 Å². The minimum Gasteiger partial charge on any atom is -0.308 e. The molecule has 2 heterocycles. The monoisotopic (exact) mass is 913 g/mol. The average molecular weight is 913 g/mol. The van der Waals surface area contributed by atoms with Crippen molar-refractivity contribution in [1.29, 1.82) is 0 Å². The second-order valence-corrected chi connectivity index (χ2v) is 28.5. The zero-order valence-corrected chi connectivity index (χ0v) is 46.6. The van der Waals surface area contributed by atoms with Gasteiger partial charge in [-0.3, -0.25) is 9.59 Å². The molecule has 0 N–H and O–H groups in total. The van der Waals surface area contributed by atoms with Crippen LogP contribution in [-0.2, 0) is 43.3 Å². The van der Waals surface area contributed by atoms with E-state index >= 15 is 9.59 Å². The van der Waals surface area contributed by atoms with Crippen LogP contribution in [0.3, 0.4) is 0 Å². The SMILES string of the molecule is CC(C)(C)c1cc(C(C)(C)C)c(-n2c3ccc(C(C)(C)C)cc3c(=O)c3cc4c(cc32)c(=O)c2ccc(C(C)(C)C)cc2n4-c2c(C(C)(C)C)cc(C(C)(C)C)cc2C(C)(C)C)c(C(C)(C)C)c1. The van der Waals surface area contributed by atoms with Crippen LogP contribution >= 0.6 is 0 Å². The van der Waals surface area contributed by atoms with Crippen molar-refractivity contribution in [3.8, 4) is 11.4 Å². The summed E-state index contributed by atoms with van der Waals surface area (Å²) in [7, 11) is 0. The van der Waals surface area contributed by atoms with Gasteiger partial charge in [0.15, 0.2) is 10.9 Å². The number of fused-ring (bicyclic) bond motifs is 4. The molecule has 4 nitrogen and oxygen atoms in total. The number of benzene rings is 5. The van der Waals surface area contributed by atoms with E-state index < -0.39 is 0 Å². The van der Waals surface area contributed by atoms with Crippen molar-refractivity contribution in [2.45, 2.75) is 209 Å². The highest BCUT2D eigenvalue weighted by atomic mass is 16.1. The molecule has 4 heteroatoms. The molecule has 0 aliphatic heterocycles. The lowest BCUT2D eigenvalue weighted by molar-refractivity contribution is 0.544. The van der Waals surface area contributed by atoms with Crippen LogP contribution < -0.4 is 10.9 Å². The third kappa shape index (κ3) is 8.92. The van der Waals surface area contributed by atoms with Gasteiger partial charge in [-0.15, -0.1) is 0 Å². The smallest absolute Gasteiger partial charge is 0.197 e. The summed E-state index contributed by atoms with van der Waals surface area (Å²) < 4.78 is 4.74. The molecule has 5 aromatic carbocycles. The molecule has 0 aliphatic rings. The molecule has 7 rings (SSSR count). The Labute approximate surface area is 409 Å². The standard InChI is InChI=1S/C64H84N2O2/c1-57(2,3)37-26-28-49-42(29-37)56(68)44-36-52-43(35-51(44)65(49)53-45(61(13,14)15)30-39(59(7,8)9)31-46(53)62(16,17)18)55(67)41-27-25-38(58(4,5)6)34-50(41)66(52)54-47(63(19,20)21)32-40(60(10,11)12)33-48(54)64(22,23)24/h25-36H,1-24H3. The molecular weight excluding hydrogens is 829 g/mol. The molecule has 68 heavy (non-hydrogen) atoms. The Balaban J connectivity index is 1.88. The lowest BCUT2D eigenvalue weighted by atomic mass is 9.73. The van der Waals surface area contributed by atoms with Gasteiger partial charge in [0.1, 0.15) is 0 Å². The quantitative estimate of drug-likeness (QED) is 0.162. The van der Waals surface area contributed by atoms with Crippen LogP contribution in [0, 0.1) is 0 Å². The number of aromatic nitrogens is 2. The highest BCUT2D eigenvalue weighted by Crippen LogP contribution is 2.46. The van der Waals surface area contributed by atoms with Crippen molar-refractivity contribution in [1.82, 2.24) is 9.13 Å². The van der Waals surface area contributed by atoms with Crippen LogP contribution in [0.2, 0.25) is 0 Å². The Morgan fingerprint density at radius 2 is 0.544 bits per heavy atom. The molecule has 2 aromatic heterocycles. The van der Waals surface area contributed by atoms with Gasteiger partial charge >= 0.3 is 0 Å². The van der Waals surface area contributed by atoms with Crippen LogP contribution in [0.25, 0.3) is 55.0 Å². The summed E-state index contributed by atoms with van der Waals surface area (Å²) >= 11 is 0. The molecule has 0 amide bonds. The van der Waals surface area contributed by atoms with Crippen molar-refractivity contribution < 1.29 is 0 Å². The summed E-state index contributed by atoms with van der Waals surface area (Å²) in [6.45, 7) is 54.7. The molecule has 0 bridgehead atoms. The minimum absolute atomic E-state index is 0.0297. The number of rotatable bonds is 2. The zero-order chi connectivity index (χ0) is 51.2. The normalized spacial score (nSPS) is 14.0. The van der Waals surface area contributed by atoms with E-state index in [4.69, 9.17) is 0 Å². The first-order valence-electron chi connectivity index (χ1n) is 25.2. The molecule has 0 aliphatic carbocycles. The van der Waals surface area contributed by atoms with Crippen LogP contribution in [0.1, 0.15) is 211 Å². The number of hydrogen-bond donors (Lipinski definition) is 0. The zero-order valence-electron chi connectivity index (χ0n) is 46.6. The molecule has 0 atom stereocenters. The molecule has 0 spiro atoms. The van der Waals surface area contributed by atoms with Gasteiger partial charge in [-0.25, -0.2) is 0 Å². The van der Waals surface area contributed by atoms with Crippen molar-refractivity contribution in [2.24, 2.45) is 0 Å². The molecule has 7 aromatic rings. The Morgan fingerprint density at radius 3 is 0.882 bits per heavy atom. The van der Waals surface area contributed by atoms with E-state index in [1.807, 2.05) is 0 Å². The first-order chi connectivity index (χ1) is 30.6. The van der Waals surface area contributed by atoms with Crippen molar-refractivity contribution in [3.63, 3.8) is 0 Å². The van der Waals surface area contributed by atoms with Crippen molar-refractivity contribution in [2.75, 3.05) is 0 Å². The van der Waals surface area contributed by atoms with Gasteiger partial charge in [0.2, 0.25) is 0 Å². The third-order valence-corrected chi connectivity index (χ3v) is 14.4. The fourth-order valence-electron chi connectivity index (χ4n) is 10.0. The predicted molar refractivity (Wildman–Crippen MR) is 297 cm³/mol. The summed E-state index contributed by atoms with van der Waals surface area (Å²) in [4.78, 5) is 31.5. The molecule has 0 unspecified atom stereocenters. The molecule has 0 saturated carbocycles. The number of nitrogens with zero attached hydrogens (tertiary/aromatic N) is 2. The van der Waals surface area contributed by atoms with Crippen LogP contribution in [0.5, 0.6) is 0 Å². The summed E-state index contributed by atoms with van der Waals surface area (Å²) in [5, 5.41) is 2.52. The fraction of sp³-hybridized carbons (Fsp3) is 0.500. The van der Waals surface area contributed by atoms with E-state index in [0.29, 0.717) is 21.5 Å².